The summed E-state index contributed by atoms with van der Waals surface area (Å²) in [6.07, 6.45) is 6.56. The molecule has 0 aliphatic carbocycles. The Morgan fingerprint density at radius 1 is 1.06 bits per heavy atom. The van der Waals surface area contributed by atoms with E-state index in [0.717, 1.165) is 19.3 Å². The molecule has 0 aromatic rings. The molecule has 17 heavy (non-hydrogen) atoms. The van der Waals surface area contributed by atoms with Crippen LogP contribution in [0.4, 0.5) is 0 Å². The largest absolute Gasteiger partial charge is 0.366 e. The first-order chi connectivity index (χ1) is 7.88. The van der Waals surface area contributed by atoms with Crippen molar-refractivity contribution in [1.29, 1.82) is 0 Å². The van der Waals surface area contributed by atoms with Gasteiger partial charge in [0.05, 0.1) is 0 Å². The Kier molecular flexibility index (Phi) is 6.94. The number of hydrogen-bond donors (Lipinski definition) is 2. The summed E-state index contributed by atoms with van der Waals surface area (Å²) in [4.78, 5) is 21.9. The third-order valence-electron chi connectivity index (χ3n) is 2.60. The Morgan fingerprint density at radius 2 is 1.47 bits per heavy atom. The molecule has 0 rings (SSSR count). The van der Waals surface area contributed by atoms with Crippen LogP contribution in [0.5, 0.6) is 0 Å². The molecule has 0 atom stereocenters. The smallest absolute Gasteiger partial charge is 0.244 e. The lowest BCUT2D eigenvalue weighted by Crippen LogP contribution is -2.14. The second-order valence-electron chi connectivity index (χ2n) is 4.23. The monoisotopic (exact) mass is 238 g/mol. The zero-order chi connectivity index (χ0) is 13.4. The summed E-state index contributed by atoms with van der Waals surface area (Å²) in [5, 5.41) is 0. The quantitative estimate of drug-likeness (QED) is 0.661. The molecule has 0 aromatic heterocycles. The molecule has 0 saturated heterocycles. The van der Waals surface area contributed by atoms with Crippen molar-refractivity contribution in [3.8, 4) is 0 Å². The van der Waals surface area contributed by atoms with Crippen molar-refractivity contribution in [3.05, 3.63) is 23.3 Å². The van der Waals surface area contributed by atoms with Gasteiger partial charge >= 0.3 is 0 Å². The lowest BCUT2D eigenvalue weighted by Gasteiger charge is -2.09. The maximum Gasteiger partial charge on any atom is 0.244 e. The minimum Gasteiger partial charge on any atom is -0.366 e. The predicted molar refractivity (Wildman–Crippen MR) is 68.9 cm³/mol. The number of unbranched alkanes of at least 4 members (excludes halogenated alkanes) is 1. The van der Waals surface area contributed by atoms with Gasteiger partial charge in [-0.05, 0) is 26.2 Å². The molecule has 0 aliphatic rings. The van der Waals surface area contributed by atoms with Crippen LogP contribution < -0.4 is 11.5 Å². The Bertz CT molecular complexity index is 313. The van der Waals surface area contributed by atoms with E-state index in [4.69, 9.17) is 11.5 Å². The third kappa shape index (κ3) is 6.56. The van der Waals surface area contributed by atoms with E-state index in [1.165, 1.54) is 0 Å². The van der Waals surface area contributed by atoms with E-state index in [1.54, 1.807) is 26.0 Å². The first kappa shape index (κ1) is 15.4. The van der Waals surface area contributed by atoms with Crippen LogP contribution in [-0.2, 0) is 9.59 Å². The molecule has 0 heterocycles. The van der Waals surface area contributed by atoms with Gasteiger partial charge in [0.1, 0.15) is 0 Å². The van der Waals surface area contributed by atoms with Gasteiger partial charge in [-0.1, -0.05) is 31.9 Å². The van der Waals surface area contributed by atoms with Crippen molar-refractivity contribution in [2.45, 2.75) is 40.0 Å². The highest BCUT2D eigenvalue weighted by molar-refractivity contribution is 5.92. The number of primary amides is 2. The van der Waals surface area contributed by atoms with Crippen molar-refractivity contribution >= 4 is 11.8 Å². The van der Waals surface area contributed by atoms with Gasteiger partial charge in [0, 0.05) is 11.1 Å². The zero-order valence-electron chi connectivity index (χ0n) is 10.8. The number of carbonyl (C=O) groups excluding carboxylic acids is 2. The molecule has 0 bridgehead atoms. The van der Waals surface area contributed by atoms with Crippen LogP contribution in [-0.4, -0.2) is 11.8 Å². The third-order valence-corrected chi connectivity index (χ3v) is 2.60. The second-order valence-corrected chi connectivity index (χ2v) is 4.23. The van der Waals surface area contributed by atoms with E-state index in [1.807, 2.05) is 0 Å². The van der Waals surface area contributed by atoms with Crippen LogP contribution in [0.15, 0.2) is 23.3 Å². The summed E-state index contributed by atoms with van der Waals surface area (Å²) in [5.41, 5.74) is 11.4. The molecule has 2 amide bonds. The van der Waals surface area contributed by atoms with Gasteiger partial charge in [-0.15, -0.1) is 0 Å². The minimum atomic E-state index is -0.434. The Labute approximate surface area is 103 Å². The Morgan fingerprint density at radius 3 is 1.76 bits per heavy atom. The van der Waals surface area contributed by atoms with Gasteiger partial charge in [-0.25, -0.2) is 0 Å². The Hall–Kier alpha value is -1.58. The average molecular weight is 238 g/mol. The lowest BCUT2D eigenvalue weighted by atomic mass is 9.96. The fraction of sp³-hybridized carbons (Fsp3) is 0.538. The van der Waals surface area contributed by atoms with Gasteiger partial charge in [-0.3, -0.25) is 9.59 Å². The molecule has 96 valence electrons. The summed E-state index contributed by atoms with van der Waals surface area (Å²) in [6.45, 7) is 5.44. The minimum absolute atomic E-state index is 0.0370. The highest BCUT2D eigenvalue weighted by Gasteiger charge is 2.07. The molecule has 0 saturated carbocycles. The lowest BCUT2D eigenvalue weighted by molar-refractivity contribution is -0.115. The molecule has 0 fully saturated rings. The highest BCUT2D eigenvalue weighted by atomic mass is 16.1. The number of amides is 2. The molecule has 0 radical (unpaired) electrons. The maximum absolute atomic E-state index is 11.0. The van der Waals surface area contributed by atoms with Gasteiger partial charge in [0.15, 0.2) is 0 Å². The summed E-state index contributed by atoms with van der Waals surface area (Å²) >= 11 is 0. The van der Waals surface area contributed by atoms with E-state index in [2.05, 4.69) is 6.92 Å². The fourth-order valence-corrected chi connectivity index (χ4v) is 1.46. The first-order valence-electron chi connectivity index (χ1n) is 5.84. The number of allylic oxidation sites excluding steroid dienone is 2. The number of carbonyl (C=O) groups is 2. The normalized spacial score (nSPS) is 14.5. The summed E-state index contributed by atoms with van der Waals surface area (Å²) in [5.74, 6) is -0.830. The van der Waals surface area contributed by atoms with Crippen molar-refractivity contribution in [3.63, 3.8) is 0 Å². The van der Waals surface area contributed by atoms with E-state index in [-0.39, 0.29) is 5.92 Å². The van der Waals surface area contributed by atoms with Gasteiger partial charge in [0.25, 0.3) is 0 Å². The van der Waals surface area contributed by atoms with E-state index in [0.29, 0.717) is 11.1 Å². The SMILES string of the molecule is CCCCC(C=C(C)C(N)=O)C=C(C)C(N)=O. The molecule has 0 spiro atoms. The van der Waals surface area contributed by atoms with Crippen molar-refractivity contribution < 1.29 is 9.59 Å². The van der Waals surface area contributed by atoms with E-state index >= 15 is 0 Å². The molecule has 4 nitrogen and oxygen atoms in total. The van der Waals surface area contributed by atoms with Crippen LogP contribution in [0.1, 0.15) is 40.0 Å². The van der Waals surface area contributed by atoms with Crippen molar-refractivity contribution in [2.75, 3.05) is 0 Å². The van der Waals surface area contributed by atoms with Gasteiger partial charge in [0.2, 0.25) is 11.8 Å². The van der Waals surface area contributed by atoms with Crippen LogP contribution in [0.2, 0.25) is 0 Å². The maximum atomic E-state index is 11.0. The molecule has 0 unspecified atom stereocenters. The topological polar surface area (TPSA) is 86.2 Å². The van der Waals surface area contributed by atoms with Crippen LogP contribution >= 0.6 is 0 Å². The molecular formula is C13H22N2O2. The first-order valence-corrected chi connectivity index (χ1v) is 5.84. The van der Waals surface area contributed by atoms with Gasteiger partial charge < -0.3 is 11.5 Å². The Balaban J connectivity index is 4.88. The van der Waals surface area contributed by atoms with Gasteiger partial charge in [-0.2, -0.15) is 0 Å². The molecular weight excluding hydrogens is 216 g/mol. The van der Waals surface area contributed by atoms with Crippen LogP contribution in [0, 0.1) is 5.92 Å². The van der Waals surface area contributed by atoms with Crippen molar-refractivity contribution in [1.82, 2.24) is 0 Å². The highest BCUT2D eigenvalue weighted by Crippen LogP contribution is 2.16. The number of rotatable bonds is 7. The predicted octanol–water partition coefficient (Wildman–Crippen LogP) is 1.66. The molecule has 0 aromatic carbocycles. The molecule has 4 N–H and O–H groups in total. The number of nitrogens with two attached hydrogens (primary N) is 2. The van der Waals surface area contributed by atoms with Crippen LogP contribution in [0.3, 0.4) is 0 Å². The zero-order valence-corrected chi connectivity index (χ0v) is 10.8. The molecule has 0 aliphatic heterocycles. The number of hydrogen-bond acceptors (Lipinski definition) is 2. The molecule has 4 heteroatoms. The standard InChI is InChI=1S/C13H22N2O2/c1-4-5-6-11(7-9(2)12(14)16)8-10(3)13(15)17/h7-8,11H,4-6H2,1-3H3,(H2,14,16)(H2,15,17). The van der Waals surface area contributed by atoms with Crippen molar-refractivity contribution in [2.24, 2.45) is 17.4 Å². The van der Waals surface area contributed by atoms with Crippen LogP contribution in [0.25, 0.3) is 0 Å². The average Bonchev–Trinajstić information content (AvgIpc) is 2.25. The summed E-state index contributed by atoms with van der Waals surface area (Å²) < 4.78 is 0. The van der Waals surface area contributed by atoms with E-state index < -0.39 is 11.8 Å². The van der Waals surface area contributed by atoms with E-state index in [9.17, 15) is 9.59 Å². The summed E-state index contributed by atoms with van der Waals surface area (Å²) in [7, 11) is 0. The summed E-state index contributed by atoms with van der Waals surface area (Å²) in [6, 6.07) is 0. The fourth-order valence-electron chi connectivity index (χ4n) is 1.46. The second kappa shape index (κ2) is 7.65.